The molecule has 0 aliphatic heterocycles. The molecule has 4 aromatic rings. The van der Waals surface area contributed by atoms with Gasteiger partial charge in [0.05, 0.1) is 18.1 Å². The van der Waals surface area contributed by atoms with Gasteiger partial charge in [-0.15, -0.1) is 0 Å². The Morgan fingerprint density at radius 3 is 2.58 bits per heavy atom. The second-order valence-electron chi connectivity index (χ2n) is 7.42. The molecule has 3 N–H and O–H groups in total. The standard InChI is InChI=1S/C23H24N6O2/c1-14(2)29-22-19(21(24)26-13-27-22)20(28-29)16-10-8-15(9-11-16)12-25-23(30)17-6-4-5-7-18(17)31-3/h4-11,13-14H,12H2,1-3H3,(H,25,30)(H2,24,26,27). The van der Waals surface area contributed by atoms with Crippen molar-refractivity contribution in [2.45, 2.75) is 26.4 Å². The molecule has 2 aromatic heterocycles. The first kappa shape index (κ1) is 20.3. The van der Waals surface area contributed by atoms with Crippen molar-refractivity contribution >= 4 is 22.8 Å². The van der Waals surface area contributed by atoms with Gasteiger partial charge in [-0.3, -0.25) is 4.79 Å². The second kappa shape index (κ2) is 8.43. The van der Waals surface area contributed by atoms with Crippen molar-refractivity contribution in [3.63, 3.8) is 0 Å². The Balaban J connectivity index is 1.56. The van der Waals surface area contributed by atoms with E-state index in [4.69, 9.17) is 15.6 Å². The number of hydrogen-bond donors (Lipinski definition) is 2. The van der Waals surface area contributed by atoms with Gasteiger partial charge in [0.2, 0.25) is 0 Å². The molecule has 0 aliphatic carbocycles. The third kappa shape index (κ3) is 3.92. The number of ether oxygens (including phenoxy) is 1. The van der Waals surface area contributed by atoms with Crippen molar-refractivity contribution in [3.8, 4) is 17.0 Å². The minimum Gasteiger partial charge on any atom is -0.496 e. The highest BCUT2D eigenvalue weighted by molar-refractivity contribution is 5.98. The van der Waals surface area contributed by atoms with Crippen LogP contribution >= 0.6 is 0 Å². The summed E-state index contributed by atoms with van der Waals surface area (Å²) in [6.07, 6.45) is 1.45. The van der Waals surface area contributed by atoms with E-state index < -0.39 is 0 Å². The van der Waals surface area contributed by atoms with Gasteiger partial charge in [-0.1, -0.05) is 36.4 Å². The van der Waals surface area contributed by atoms with Crippen LogP contribution < -0.4 is 15.8 Å². The van der Waals surface area contributed by atoms with E-state index in [0.29, 0.717) is 29.3 Å². The number of nitrogens with zero attached hydrogens (tertiary/aromatic N) is 4. The number of nitrogens with one attached hydrogen (secondary N) is 1. The van der Waals surface area contributed by atoms with Crippen LogP contribution in [-0.2, 0) is 6.54 Å². The summed E-state index contributed by atoms with van der Waals surface area (Å²) in [6.45, 7) is 4.48. The smallest absolute Gasteiger partial charge is 0.255 e. The number of hydrogen-bond acceptors (Lipinski definition) is 6. The van der Waals surface area contributed by atoms with Crippen molar-refractivity contribution < 1.29 is 9.53 Å². The predicted molar refractivity (Wildman–Crippen MR) is 120 cm³/mol. The molecule has 0 atom stereocenters. The molecule has 2 aromatic carbocycles. The number of amides is 1. The number of aromatic nitrogens is 4. The van der Waals surface area contributed by atoms with Crippen molar-refractivity contribution in [3.05, 3.63) is 66.0 Å². The van der Waals surface area contributed by atoms with Crippen LogP contribution in [0.1, 0.15) is 35.8 Å². The van der Waals surface area contributed by atoms with Gasteiger partial charge in [-0.25, -0.2) is 14.6 Å². The largest absolute Gasteiger partial charge is 0.496 e. The molecular formula is C23H24N6O2. The first-order valence-electron chi connectivity index (χ1n) is 9.98. The number of benzene rings is 2. The quantitative estimate of drug-likeness (QED) is 0.497. The molecule has 0 bridgehead atoms. The van der Waals surface area contributed by atoms with Crippen molar-refractivity contribution in [2.24, 2.45) is 0 Å². The van der Waals surface area contributed by atoms with Crippen LogP contribution in [0.25, 0.3) is 22.3 Å². The lowest BCUT2D eigenvalue weighted by atomic mass is 10.1. The van der Waals surface area contributed by atoms with Crippen molar-refractivity contribution in [1.82, 2.24) is 25.1 Å². The zero-order valence-electron chi connectivity index (χ0n) is 17.7. The van der Waals surface area contributed by atoms with Crippen LogP contribution in [0.4, 0.5) is 5.82 Å². The third-order valence-corrected chi connectivity index (χ3v) is 5.04. The molecule has 2 heterocycles. The van der Waals surface area contributed by atoms with Gasteiger partial charge in [-0.2, -0.15) is 5.10 Å². The van der Waals surface area contributed by atoms with Crippen LogP contribution in [0.15, 0.2) is 54.9 Å². The zero-order chi connectivity index (χ0) is 22.0. The molecule has 8 nitrogen and oxygen atoms in total. The molecule has 1 amide bonds. The molecule has 158 valence electrons. The maximum absolute atomic E-state index is 12.5. The Hall–Kier alpha value is -3.94. The van der Waals surface area contributed by atoms with Gasteiger partial charge in [0.25, 0.3) is 5.91 Å². The van der Waals surface area contributed by atoms with Gasteiger partial charge < -0.3 is 15.8 Å². The number of methoxy groups -OCH3 is 1. The van der Waals surface area contributed by atoms with Crippen molar-refractivity contribution in [1.29, 1.82) is 0 Å². The van der Waals surface area contributed by atoms with Crippen molar-refractivity contribution in [2.75, 3.05) is 12.8 Å². The van der Waals surface area contributed by atoms with E-state index in [-0.39, 0.29) is 11.9 Å². The van der Waals surface area contributed by atoms with E-state index >= 15 is 0 Å². The molecule has 31 heavy (non-hydrogen) atoms. The third-order valence-electron chi connectivity index (χ3n) is 5.04. The zero-order valence-corrected chi connectivity index (χ0v) is 17.7. The lowest BCUT2D eigenvalue weighted by Crippen LogP contribution is -2.23. The second-order valence-corrected chi connectivity index (χ2v) is 7.42. The van der Waals surface area contributed by atoms with Crippen LogP contribution in [0.2, 0.25) is 0 Å². The highest BCUT2D eigenvalue weighted by Crippen LogP contribution is 2.31. The Bertz CT molecular complexity index is 1230. The van der Waals surface area contributed by atoms with Gasteiger partial charge in [0.1, 0.15) is 23.6 Å². The Morgan fingerprint density at radius 1 is 1.13 bits per heavy atom. The Kier molecular flexibility index (Phi) is 5.53. The highest BCUT2D eigenvalue weighted by atomic mass is 16.5. The van der Waals surface area contributed by atoms with Crippen LogP contribution in [0.5, 0.6) is 5.75 Å². The Labute approximate surface area is 180 Å². The average molecular weight is 416 g/mol. The molecule has 8 heteroatoms. The minimum atomic E-state index is -0.187. The average Bonchev–Trinajstić information content (AvgIpc) is 3.19. The van der Waals surface area contributed by atoms with Gasteiger partial charge in [0.15, 0.2) is 5.65 Å². The normalized spacial score (nSPS) is 11.1. The lowest BCUT2D eigenvalue weighted by Gasteiger charge is -2.09. The number of fused-ring (bicyclic) bond motifs is 1. The number of anilines is 1. The number of rotatable bonds is 6. The van der Waals surface area contributed by atoms with Crippen LogP contribution in [0, 0.1) is 0 Å². The SMILES string of the molecule is COc1ccccc1C(=O)NCc1ccc(-c2nn(C(C)C)c3ncnc(N)c23)cc1. The first-order chi connectivity index (χ1) is 15.0. The summed E-state index contributed by atoms with van der Waals surface area (Å²) in [6, 6.07) is 15.1. The molecule has 4 rings (SSSR count). The monoisotopic (exact) mass is 416 g/mol. The fourth-order valence-electron chi connectivity index (χ4n) is 3.45. The highest BCUT2D eigenvalue weighted by Gasteiger charge is 2.18. The van der Waals surface area contributed by atoms with Gasteiger partial charge >= 0.3 is 0 Å². The van der Waals surface area contributed by atoms with Crippen LogP contribution in [0.3, 0.4) is 0 Å². The molecule has 0 aliphatic rings. The number of para-hydroxylation sites is 1. The summed E-state index contributed by atoms with van der Waals surface area (Å²) in [7, 11) is 1.55. The summed E-state index contributed by atoms with van der Waals surface area (Å²) in [5.74, 6) is 0.760. The van der Waals surface area contributed by atoms with E-state index in [1.54, 1.807) is 19.2 Å². The molecule has 0 unspecified atom stereocenters. The molecule has 0 spiro atoms. The van der Waals surface area contributed by atoms with Gasteiger partial charge in [-0.05, 0) is 31.5 Å². The topological polar surface area (TPSA) is 108 Å². The fraction of sp³-hybridized carbons (Fsp3) is 0.217. The molecule has 0 saturated heterocycles. The number of carbonyl (C=O) groups is 1. The molecular weight excluding hydrogens is 392 g/mol. The molecule has 0 fully saturated rings. The number of nitrogens with two attached hydrogens (primary N) is 1. The van der Waals surface area contributed by atoms with Crippen LogP contribution in [-0.4, -0.2) is 32.8 Å². The van der Waals surface area contributed by atoms with E-state index in [1.165, 1.54) is 6.33 Å². The minimum absolute atomic E-state index is 0.134. The molecule has 0 radical (unpaired) electrons. The summed E-state index contributed by atoms with van der Waals surface area (Å²) in [4.78, 5) is 21.0. The number of carbonyl (C=O) groups excluding carboxylic acids is 1. The van der Waals surface area contributed by atoms with E-state index in [9.17, 15) is 4.79 Å². The van der Waals surface area contributed by atoms with E-state index in [0.717, 1.165) is 22.2 Å². The maximum Gasteiger partial charge on any atom is 0.255 e. The summed E-state index contributed by atoms with van der Waals surface area (Å²) < 4.78 is 7.11. The van der Waals surface area contributed by atoms with E-state index in [1.807, 2.05) is 54.9 Å². The first-order valence-corrected chi connectivity index (χ1v) is 9.98. The maximum atomic E-state index is 12.5. The summed E-state index contributed by atoms with van der Waals surface area (Å²) in [5.41, 5.74) is 9.96. The Morgan fingerprint density at radius 2 is 1.87 bits per heavy atom. The summed E-state index contributed by atoms with van der Waals surface area (Å²) in [5, 5.41) is 8.41. The predicted octanol–water partition coefficient (Wildman–Crippen LogP) is 3.60. The molecule has 0 saturated carbocycles. The lowest BCUT2D eigenvalue weighted by molar-refractivity contribution is 0.0948. The van der Waals surface area contributed by atoms with E-state index in [2.05, 4.69) is 15.3 Å². The summed E-state index contributed by atoms with van der Waals surface area (Å²) >= 11 is 0. The fourth-order valence-corrected chi connectivity index (χ4v) is 3.45. The number of nitrogen functional groups attached to an aromatic ring is 1. The van der Waals surface area contributed by atoms with Gasteiger partial charge in [0, 0.05) is 18.2 Å².